The lowest BCUT2D eigenvalue weighted by atomic mass is 10.1. The van der Waals surface area contributed by atoms with Gasteiger partial charge < -0.3 is 10.1 Å². The van der Waals surface area contributed by atoms with Crippen molar-refractivity contribution in [1.29, 1.82) is 0 Å². The first-order valence-electron chi connectivity index (χ1n) is 14.2. The van der Waals surface area contributed by atoms with Gasteiger partial charge in [0.1, 0.15) is 46.1 Å². The van der Waals surface area contributed by atoms with E-state index in [0.717, 1.165) is 0 Å². The Hall–Kier alpha value is -4.82. The van der Waals surface area contributed by atoms with Gasteiger partial charge in [0.25, 0.3) is 0 Å². The van der Waals surface area contributed by atoms with Crippen molar-refractivity contribution in [3.63, 3.8) is 0 Å². The van der Waals surface area contributed by atoms with Crippen LogP contribution in [0.1, 0.15) is 29.2 Å². The van der Waals surface area contributed by atoms with Crippen LogP contribution >= 0.6 is 22.9 Å². The largest absolute Gasteiger partial charge is 0.487 e. The summed E-state index contributed by atoms with van der Waals surface area (Å²) >= 11 is 7.76. The first kappa shape index (κ1) is 32.1. The summed E-state index contributed by atoms with van der Waals surface area (Å²) in [5, 5.41) is 9.37. The van der Waals surface area contributed by atoms with Crippen LogP contribution < -0.4 is 15.4 Å². The average molecular weight is 691 g/mol. The van der Waals surface area contributed by atoms with Gasteiger partial charge in [-0.05, 0) is 61.0 Å². The Morgan fingerprint density at radius 2 is 1.89 bits per heavy atom. The third-order valence-corrected chi connectivity index (χ3v) is 9.00. The van der Waals surface area contributed by atoms with E-state index < -0.39 is 22.2 Å². The molecule has 9 nitrogen and oxygen atoms in total. The summed E-state index contributed by atoms with van der Waals surface area (Å²) in [7, 11) is -2.50. The molecule has 0 amide bonds. The van der Waals surface area contributed by atoms with Gasteiger partial charge in [-0.3, -0.25) is 10.3 Å². The predicted molar refractivity (Wildman–Crippen MR) is 179 cm³/mol. The third kappa shape index (κ3) is 7.77. The van der Waals surface area contributed by atoms with Gasteiger partial charge in [0.05, 0.1) is 22.3 Å². The molecule has 14 heteroatoms. The molecule has 0 saturated heterocycles. The summed E-state index contributed by atoms with van der Waals surface area (Å²) in [6, 6.07) is 19.0. The monoisotopic (exact) mass is 690 g/mol. The maximum atomic E-state index is 15.4. The Bertz CT molecular complexity index is 2210. The van der Waals surface area contributed by atoms with Crippen LogP contribution in [0.2, 0.25) is 5.02 Å². The molecule has 6 aromatic rings. The highest BCUT2D eigenvalue weighted by Crippen LogP contribution is 2.34. The molecule has 0 bridgehead atoms. The molecule has 6 rings (SSSR count). The molecule has 0 aliphatic rings. The second kappa shape index (κ2) is 14.3. The Morgan fingerprint density at radius 1 is 1.02 bits per heavy atom. The van der Waals surface area contributed by atoms with Gasteiger partial charge in [-0.25, -0.2) is 23.7 Å². The third-order valence-electron chi connectivity index (χ3n) is 7.02. The highest BCUT2D eigenvalue weighted by atomic mass is 35.5. The van der Waals surface area contributed by atoms with Crippen LogP contribution in [-0.2, 0) is 23.3 Å². The highest BCUT2D eigenvalue weighted by Gasteiger charge is 2.18. The normalized spacial score (nSPS) is 11.7. The lowest BCUT2D eigenvalue weighted by Gasteiger charge is -2.13. The number of aromatic nitrogens is 4. The van der Waals surface area contributed by atoms with Crippen molar-refractivity contribution in [3.8, 4) is 17.0 Å². The van der Waals surface area contributed by atoms with Crippen LogP contribution in [-0.4, -0.2) is 33.3 Å². The van der Waals surface area contributed by atoms with Gasteiger partial charge in [0.15, 0.2) is 0 Å². The van der Waals surface area contributed by atoms with Crippen LogP contribution in [0.25, 0.3) is 22.2 Å². The van der Waals surface area contributed by atoms with Crippen LogP contribution in [0.5, 0.6) is 5.75 Å². The maximum absolute atomic E-state index is 15.4. The van der Waals surface area contributed by atoms with E-state index in [0.29, 0.717) is 55.1 Å². The molecule has 3 heterocycles. The first-order valence-corrected chi connectivity index (χ1v) is 16.5. The molecule has 0 fully saturated rings. The zero-order valence-electron chi connectivity index (χ0n) is 24.6. The number of thiazole rings is 1. The molecule has 0 spiro atoms. The summed E-state index contributed by atoms with van der Waals surface area (Å²) < 4.78 is 58.5. The Kier molecular flexibility index (Phi) is 9.78. The van der Waals surface area contributed by atoms with Crippen molar-refractivity contribution in [1.82, 2.24) is 25.3 Å². The first-order chi connectivity index (χ1) is 22.7. The van der Waals surface area contributed by atoms with Crippen molar-refractivity contribution in [2.45, 2.75) is 26.0 Å². The number of fused-ring (bicyclic) bond motifs is 1. The molecule has 1 unspecified atom stereocenters. The molecular weight excluding hydrogens is 666 g/mol. The summed E-state index contributed by atoms with van der Waals surface area (Å²) in [5.41, 5.74) is 2.85. The Labute approximate surface area is 278 Å². The number of hydrogen-bond acceptors (Lipinski definition) is 9. The van der Waals surface area contributed by atoms with Crippen LogP contribution in [0, 0.1) is 11.6 Å². The van der Waals surface area contributed by atoms with E-state index in [-0.39, 0.29) is 29.4 Å². The minimum absolute atomic E-state index is 0.0731. The molecule has 0 aliphatic heterocycles. The zero-order valence-corrected chi connectivity index (χ0v) is 27.0. The van der Waals surface area contributed by atoms with Gasteiger partial charge in [-0.15, -0.1) is 11.3 Å². The molecular formula is C33H25ClF2N6O3S2. The molecule has 3 aromatic carbocycles. The fraction of sp³-hybridized carbons (Fsp3) is 0.121. The summed E-state index contributed by atoms with van der Waals surface area (Å²) in [4.78, 5) is 17.5. The number of rotatable bonds is 10. The van der Waals surface area contributed by atoms with E-state index >= 15 is 4.39 Å². The average Bonchev–Trinajstić information content (AvgIpc) is 3.55. The Morgan fingerprint density at radius 3 is 2.66 bits per heavy atom. The molecule has 0 radical (unpaired) electrons. The highest BCUT2D eigenvalue weighted by molar-refractivity contribution is 7.72. The predicted octanol–water partition coefficient (Wildman–Crippen LogP) is 7.30. The molecule has 2 N–H and O–H groups in total. The maximum Gasteiger partial charge on any atom is 0.228 e. The Balaban J connectivity index is 1.21. The van der Waals surface area contributed by atoms with Gasteiger partial charge in [-0.2, -0.15) is 8.42 Å². The number of benzene rings is 3. The smallest absolute Gasteiger partial charge is 0.228 e. The van der Waals surface area contributed by atoms with E-state index in [2.05, 4.69) is 30.6 Å². The summed E-state index contributed by atoms with van der Waals surface area (Å²) in [6.45, 7) is 1.93. The minimum Gasteiger partial charge on any atom is -0.487 e. The van der Waals surface area contributed by atoms with E-state index in [1.54, 1.807) is 73.1 Å². The molecule has 0 saturated carbocycles. The van der Waals surface area contributed by atoms with Crippen LogP contribution in [0.15, 0.2) is 90.7 Å². The number of nitrogens with one attached hydrogen (secondary N) is 2. The zero-order chi connectivity index (χ0) is 32.9. The van der Waals surface area contributed by atoms with E-state index in [9.17, 15) is 12.8 Å². The van der Waals surface area contributed by atoms with Gasteiger partial charge >= 0.3 is 0 Å². The van der Waals surface area contributed by atoms with Crippen LogP contribution in [0.4, 0.5) is 20.3 Å². The fourth-order valence-corrected chi connectivity index (χ4v) is 6.33. The summed E-state index contributed by atoms with van der Waals surface area (Å²) in [5.74, 6) is -0.0363. The quantitative estimate of drug-likeness (QED) is 0.143. The van der Waals surface area contributed by atoms with Gasteiger partial charge in [0, 0.05) is 46.4 Å². The molecule has 1 atom stereocenters. The number of ether oxygens (including phenoxy) is 1. The number of halogens is 3. The number of hydrogen-bond donors (Lipinski definition) is 2. The molecule has 238 valence electrons. The van der Waals surface area contributed by atoms with Crippen molar-refractivity contribution in [2.75, 3.05) is 5.32 Å². The molecule has 3 aromatic heterocycles. The van der Waals surface area contributed by atoms with E-state index in [1.165, 1.54) is 35.9 Å². The number of anilines is 2. The SMILES string of the molecule is CC(NC(Cc1ccccn1)=S(=O)=O)c1nc(-c2cc3c(Nc4ccc(OCc5cccc(F)c5)c(Cl)c4)ncnc3cc2F)cs1. The summed E-state index contributed by atoms with van der Waals surface area (Å²) in [6.07, 6.45) is 3.03. The molecule has 0 aliphatic carbocycles. The topological polar surface area (TPSA) is 119 Å². The van der Waals surface area contributed by atoms with Crippen molar-refractivity contribution < 1.29 is 21.9 Å². The molecule has 47 heavy (non-hydrogen) atoms. The van der Waals surface area contributed by atoms with E-state index in [4.69, 9.17) is 16.3 Å². The minimum atomic E-state index is -2.50. The second-order valence-electron chi connectivity index (χ2n) is 10.4. The number of nitrogens with zero attached hydrogens (tertiary/aromatic N) is 4. The van der Waals surface area contributed by atoms with Crippen LogP contribution in [0.3, 0.4) is 0 Å². The fourth-order valence-electron chi connectivity index (χ4n) is 4.73. The van der Waals surface area contributed by atoms with Crippen molar-refractivity contribution in [3.05, 3.63) is 124 Å². The van der Waals surface area contributed by atoms with Crippen molar-refractivity contribution >= 4 is 60.6 Å². The van der Waals surface area contributed by atoms with E-state index in [1.807, 2.05) is 0 Å². The second-order valence-corrected chi connectivity index (χ2v) is 12.6. The number of pyridine rings is 1. The standard InChI is InChI=1S/C33H25ClF2N6O3S2/c1-19(40-31(47(43)44)13-22-7-2-3-10-37-22)33-42-29(17-46-33)24-14-25-28(15-27(24)36)38-18-39-32(25)41-23-8-9-30(26(34)12-23)45-16-20-5-4-6-21(35)11-20/h2-12,14-15,17-19,40H,13,16H2,1H3,(H,38,39,41). The van der Waals surface area contributed by atoms with Gasteiger partial charge in [0.2, 0.25) is 10.3 Å². The van der Waals surface area contributed by atoms with Crippen molar-refractivity contribution in [2.24, 2.45) is 0 Å². The van der Waals surface area contributed by atoms with Gasteiger partial charge in [-0.1, -0.05) is 29.8 Å². The lowest BCUT2D eigenvalue weighted by Crippen LogP contribution is -2.29. The lowest BCUT2D eigenvalue weighted by molar-refractivity contribution is 0.306.